The van der Waals surface area contributed by atoms with E-state index >= 15 is 0 Å². The molecule has 8 heteroatoms. The molecule has 0 bridgehead atoms. The van der Waals surface area contributed by atoms with Crippen LogP contribution in [0, 0.1) is 4.77 Å². The van der Waals surface area contributed by atoms with Crippen LogP contribution >= 0.6 is 23.6 Å². The molecule has 16 heavy (non-hydrogen) atoms. The summed E-state index contributed by atoms with van der Waals surface area (Å²) in [6.07, 6.45) is 1.64. The molecule has 0 saturated heterocycles. The maximum Gasteiger partial charge on any atom is 0.200 e. The minimum Gasteiger partial charge on any atom is -0.354 e. The van der Waals surface area contributed by atoms with Crippen LogP contribution in [0.25, 0.3) is 16.0 Å². The second-order valence-electron chi connectivity index (χ2n) is 3.51. The lowest BCUT2D eigenvalue weighted by Gasteiger charge is -2.04. The molecule has 3 aromatic heterocycles. The summed E-state index contributed by atoms with van der Waals surface area (Å²) in [6, 6.07) is 0. The standard InChI is InChI=1S/C8H8N6S2/c1-13(2)8-10-5-4(16-8)6-11-12-7(15)14(6)3-9-5/h3H,1-2H3,(H,12,15). The second kappa shape index (κ2) is 3.22. The van der Waals surface area contributed by atoms with Crippen molar-refractivity contribution in [1.29, 1.82) is 0 Å². The third kappa shape index (κ3) is 1.23. The van der Waals surface area contributed by atoms with Crippen molar-refractivity contribution in [2.45, 2.75) is 0 Å². The minimum absolute atomic E-state index is 0.546. The van der Waals surface area contributed by atoms with E-state index in [4.69, 9.17) is 12.2 Å². The average molecular weight is 252 g/mol. The topological polar surface area (TPSA) is 62.1 Å². The van der Waals surface area contributed by atoms with Crippen LogP contribution in [0.1, 0.15) is 0 Å². The van der Waals surface area contributed by atoms with Crippen LogP contribution in [-0.4, -0.2) is 38.7 Å². The fraction of sp³-hybridized carbons (Fsp3) is 0.250. The van der Waals surface area contributed by atoms with E-state index in [-0.39, 0.29) is 0 Å². The SMILES string of the molecule is CN(C)c1nc2ncn3c(=S)[nH]nc3c2s1. The van der Waals surface area contributed by atoms with Crippen LogP contribution in [0.15, 0.2) is 6.33 Å². The molecule has 0 radical (unpaired) electrons. The van der Waals surface area contributed by atoms with Gasteiger partial charge in [-0.3, -0.25) is 9.50 Å². The van der Waals surface area contributed by atoms with Crippen LogP contribution in [0.3, 0.4) is 0 Å². The molecule has 1 N–H and O–H groups in total. The number of thiazole rings is 1. The Labute approximate surface area is 99.6 Å². The predicted octanol–water partition coefficient (Wildman–Crippen LogP) is 1.46. The zero-order valence-electron chi connectivity index (χ0n) is 8.63. The Morgan fingerprint density at radius 1 is 1.50 bits per heavy atom. The summed E-state index contributed by atoms with van der Waals surface area (Å²) >= 11 is 6.64. The summed E-state index contributed by atoms with van der Waals surface area (Å²) in [5, 5.41) is 7.83. The largest absolute Gasteiger partial charge is 0.354 e. The quantitative estimate of drug-likeness (QED) is 0.664. The van der Waals surface area contributed by atoms with Crippen LogP contribution < -0.4 is 4.90 Å². The van der Waals surface area contributed by atoms with E-state index in [1.54, 1.807) is 22.1 Å². The van der Waals surface area contributed by atoms with Gasteiger partial charge in [0, 0.05) is 14.1 Å². The molecule has 0 aromatic carbocycles. The van der Waals surface area contributed by atoms with Crippen molar-refractivity contribution in [2.24, 2.45) is 0 Å². The molecular formula is C8H8N6S2. The molecule has 0 spiro atoms. The number of fused-ring (bicyclic) bond motifs is 3. The van der Waals surface area contributed by atoms with Crippen LogP contribution in [0.5, 0.6) is 0 Å². The number of nitrogens with one attached hydrogen (secondary N) is 1. The van der Waals surface area contributed by atoms with Gasteiger partial charge >= 0.3 is 0 Å². The number of anilines is 1. The molecule has 3 rings (SSSR count). The summed E-state index contributed by atoms with van der Waals surface area (Å²) in [4.78, 5) is 10.6. The van der Waals surface area contributed by atoms with Gasteiger partial charge in [-0.25, -0.2) is 4.98 Å². The minimum atomic E-state index is 0.546. The smallest absolute Gasteiger partial charge is 0.200 e. The Balaban J connectivity index is 2.46. The summed E-state index contributed by atoms with van der Waals surface area (Å²) in [7, 11) is 3.90. The first-order valence-electron chi connectivity index (χ1n) is 4.56. The summed E-state index contributed by atoms with van der Waals surface area (Å²) in [6.45, 7) is 0. The molecule has 0 saturated carbocycles. The fourth-order valence-electron chi connectivity index (χ4n) is 1.41. The van der Waals surface area contributed by atoms with Crippen molar-refractivity contribution in [3.8, 4) is 0 Å². The summed E-state index contributed by atoms with van der Waals surface area (Å²) in [5.74, 6) is 0. The monoisotopic (exact) mass is 252 g/mol. The van der Waals surface area contributed by atoms with Gasteiger partial charge in [0.2, 0.25) is 4.77 Å². The number of aromatic nitrogens is 5. The summed E-state index contributed by atoms with van der Waals surface area (Å²) < 4.78 is 3.23. The molecule has 0 aliphatic carbocycles. The highest BCUT2D eigenvalue weighted by molar-refractivity contribution is 7.71. The number of rotatable bonds is 1. The molecule has 0 aliphatic rings. The predicted molar refractivity (Wildman–Crippen MR) is 65.7 cm³/mol. The average Bonchev–Trinajstić information content (AvgIpc) is 2.81. The maximum atomic E-state index is 5.09. The molecule has 6 nitrogen and oxygen atoms in total. The lowest BCUT2D eigenvalue weighted by atomic mass is 10.6. The first-order valence-corrected chi connectivity index (χ1v) is 5.79. The van der Waals surface area contributed by atoms with Crippen molar-refractivity contribution in [2.75, 3.05) is 19.0 Å². The Morgan fingerprint density at radius 3 is 3.06 bits per heavy atom. The van der Waals surface area contributed by atoms with Gasteiger partial charge in [-0.1, -0.05) is 11.3 Å². The molecule has 0 unspecified atom stereocenters. The second-order valence-corrected chi connectivity index (χ2v) is 4.87. The molecular weight excluding hydrogens is 244 g/mol. The molecule has 0 atom stereocenters. The Kier molecular flexibility index (Phi) is 1.95. The highest BCUT2D eigenvalue weighted by Gasteiger charge is 2.11. The molecule has 0 fully saturated rings. The van der Waals surface area contributed by atoms with Crippen LogP contribution in [0.2, 0.25) is 0 Å². The van der Waals surface area contributed by atoms with Gasteiger partial charge in [0.15, 0.2) is 16.4 Å². The highest BCUT2D eigenvalue weighted by Crippen LogP contribution is 2.28. The van der Waals surface area contributed by atoms with E-state index in [0.29, 0.717) is 10.4 Å². The van der Waals surface area contributed by atoms with E-state index in [2.05, 4.69) is 20.2 Å². The van der Waals surface area contributed by atoms with Gasteiger partial charge in [0.05, 0.1) is 0 Å². The Hall–Kier alpha value is -1.54. The van der Waals surface area contributed by atoms with E-state index in [1.807, 2.05) is 19.0 Å². The lowest BCUT2D eigenvalue weighted by Crippen LogP contribution is -2.07. The Morgan fingerprint density at radius 2 is 2.31 bits per heavy atom. The lowest BCUT2D eigenvalue weighted by molar-refractivity contribution is 1.05. The zero-order valence-corrected chi connectivity index (χ0v) is 10.3. The van der Waals surface area contributed by atoms with Gasteiger partial charge in [0.25, 0.3) is 0 Å². The third-order valence-electron chi connectivity index (χ3n) is 2.18. The van der Waals surface area contributed by atoms with E-state index in [1.165, 1.54) is 0 Å². The van der Waals surface area contributed by atoms with Crippen molar-refractivity contribution >= 4 is 44.7 Å². The van der Waals surface area contributed by atoms with Gasteiger partial charge in [-0.05, 0) is 12.2 Å². The number of hydrogen-bond donors (Lipinski definition) is 1. The molecule has 3 aromatic rings. The fourth-order valence-corrected chi connectivity index (χ4v) is 2.51. The molecule has 0 aliphatic heterocycles. The van der Waals surface area contributed by atoms with Crippen molar-refractivity contribution < 1.29 is 0 Å². The van der Waals surface area contributed by atoms with Gasteiger partial charge in [0.1, 0.15) is 11.0 Å². The third-order valence-corrected chi connectivity index (χ3v) is 3.68. The Bertz CT molecular complexity index is 721. The van der Waals surface area contributed by atoms with E-state index < -0.39 is 0 Å². The molecule has 82 valence electrons. The van der Waals surface area contributed by atoms with E-state index in [9.17, 15) is 0 Å². The number of H-pyrrole nitrogens is 1. The van der Waals surface area contributed by atoms with Gasteiger partial charge in [-0.15, -0.1) is 0 Å². The first kappa shape index (κ1) is 9.67. The van der Waals surface area contributed by atoms with Gasteiger partial charge in [-0.2, -0.15) is 10.1 Å². The normalized spacial score (nSPS) is 11.4. The van der Waals surface area contributed by atoms with Crippen molar-refractivity contribution in [1.82, 2.24) is 24.6 Å². The maximum absolute atomic E-state index is 5.09. The summed E-state index contributed by atoms with van der Waals surface area (Å²) in [5.41, 5.74) is 1.48. The molecule has 0 amide bonds. The number of nitrogens with zero attached hydrogens (tertiary/aromatic N) is 5. The van der Waals surface area contributed by atoms with E-state index in [0.717, 1.165) is 15.5 Å². The first-order chi connectivity index (χ1) is 7.66. The highest BCUT2D eigenvalue weighted by atomic mass is 32.1. The van der Waals surface area contributed by atoms with Gasteiger partial charge < -0.3 is 4.90 Å². The molecule has 3 heterocycles. The van der Waals surface area contributed by atoms with Crippen LogP contribution in [0.4, 0.5) is 5.13 Å². The van der Waals surface area contributed by atoms with Crippen molar-refractivity contribution in [3.63, 3.8) is 0 Å². The number of aromatic amines is 1. The number of hydrogen-bond acceptors (Lipinski definition) is 6. The van der Waals surface area contributed by atoms with Crippen LogP contribution in [-0.2, 0) is 0 Å². The zero-order chi connectivity index (χ0) is 11.3. The van der Waals surface area contributed by atoms with Crippen molar-refractivity contribution in [3.05, 3.63) is 11.1 Å².